The minimum Gasteiger partial charge on any atom is -0.324 e. The predicted molar refractivity (Wildman–Crippen MR) is 82.8 cm³/mol. The molecule has 3 aromatic rings. The van der Waals surface area contributed by atoms with Crippen molar-refractivity contribution in [3.63, 3.8) is 0 Å². The summed E-state index contributed by atoms with van der Waals surface area (Å²) in [7, 11) is 0. The summed E-state index contributed by atoms with van der Waals surface area (Å²) in [4.78, 5) is 6.87. The lowest BCUT2D eigenvalue weighted by Crippen LogP contribution is -1.94. The van der Waals surface area contributed by atoms with Gasteiger partial charge in [0.1, 0.15) is 15.4 Å². The molecule has 0 aliphatic carbocycles. The van der Waals surface area contributed by atoms with Crippen LogP contribution in [0, 0.1) is 32.4 Å². The van der Waals surface area contributed by atoms with E-state index in [1.165, 1.54) is 18.3 Å². The van der Waals surface area contributed by atoms with Crippen molar-refractivity contribution in [3.8, 4) is 0 Å². The van der Waals surface area contributed by atoms with Gasteiger partial charge in [-0.25, -0.2) is 13.8 Å². The van der Waals surface area contributed by atoms with Crippen LogP contribution in [0.2, 0.25) is 4.34 Å². The third kappa shape index (κ3) is 2.18. The lowest BCUT2D eigenvalue weighted by molar-refractivity contribution is 0.599. The molecule has 0 bridgehead atoms. The van der Waals surface area contributed by atoms with Gasteiger partial charge in [0.25, 0.3) is 0 Å². The largest absolute Gasteiger partial charge is 0.324 e. The van der Waals surface area contributed by atoms with Crippen LogP contribution in [0.1, 0.15) is 16.7 Å². The van der Waals surface area contributed by atoms with Gasteiger partial charge in [0.05, 0.1) is 5.69 Å². The zero-order chi connectivity index (χ0) is 15.3. The van der Waals surface area contributed by atoms with E-state index in [9.17, 15) is 8.78 Å². The summed E-state index contributed by atoms with van der Waals surface area (Å²) in [5.74, 6) is -0.741. The molecule has 21 heavy (non-hydrogen) atoms. The van der Waals surface area contributed by atoms with Crippen LogP contribution in [-0.2, 0) is 0 Å². The molecule has 3 nitrogen and oxygen atoms in total. The summed E-state index contributed by atoms with van der Waals surface area (Å²) in [6.45, 7) is 4.97. The molecule has 0 aliphatic rings. The number of halogens is 3. The molecule has 0 radical (unpaired) electrons. The van der Waals surface area contributed by atoms with Crippen LogP contribution < -0.4 is 5.32 Å². The summed E-state index contributed by atoms with van der Waals surface area (Å²) in [6, 6.07) is 0. The number of fused-ring (bicyclic) bond motifs is 1. The van der Waals surface area contributed by atoms with E-state index in [2.05, 4.69) is 15.3 Å². The SMILES string of the molecule is Cc1csc(Cl)c1Nc1nc2c(F)c(C)c(C)c(F)c2[nH]1. The monoisotopic (exact) mass is 327 g/mol. The number of nitrogens with zero attached hydrogens (tertiary/aromatic N) is 1. The molecule has 0 atom stereocenters. The number of thiophene rings is 1. The quantitative estimate of drug-likeness (QED) is 0.677. The lowest BCUT2D eigenvalue weighted by atomic mass is 10.1. The highest BCUT2D eigenvalue weighted by Gasteiger charge is 2.19. The van der Waals surface area contributed by atoms with E-state index in [0.717, 1.165) is 5.56 Å². The molecule has 110 valence electrons. The first kappa shape index (κ1) is 14.3. The molecular weight excluding hydrogens is 316 g/mol. The fourth-order valence-corrected chi connectivity index (χ4v) is 3.18. The van der Waals surface area contributed by atoms with Crippen LogP contribution in [-0.4, -0.2) is 9.97 Å². The number of aryl methyl sites for hydroxylation is 1. The van der Waals surface area contributed by atoms with Crippen LogP contribution in [0.5, 0.6) is 0 Å². The Hall–Kier alpha value is -1.66. The molecular formula is C14H12ClF2N3S. The Morgan fingerprint density at radius 3 is 2.48 bits per heavy atom. The molecule has 0 saturated heterocycles. The van der Waals surface area contributed by atoms with Crippen LogP contribution in [0.4, 0.5) is 20.4 Å². The molecule has 7 heteroatoms. The first-order valence-corrected chi connectivity index (χ1v) is 7.50. The maximum atomic E-state index is 14.2. The summed E-state index contributed by atoms with van der Waals surface area (Å²) < 4.78 is 29.0. The number of aromatic nitrogens is 2. The Labute approximate surface area is 129 Å². The van der Waals surface area contributed by atoms with Crippen LogP contribution in [0.3, 0.4) is 0 Å². The maximum Gasteiger partial charge on any atom is 0.205 e. The average molecular weight is 328 g/mol. The number of hydrogen-bond acceptors (Lipinski definition) is 3. The van der Waals surface area contributed by atoms with E-state index >= 15 is 0 Å². The van der Waals surface area contributed by atoms with Gasteiger partial charge in [-0.15, -0.1) is 11.3 Å². The highest BCUT2D eigenvalue weighted by molar-refractivity contribution is 7.15. The number of hydrogen-bond donors (Lipinski definition) is 2. The van der Waals surface area contributed by atoms with Crippen LogP contribution >= 0.6 is 22.9 Å². The molecule has 0 spiro atoms. The second-order valence-electron chi connectivity index (χ2n) is 4.88. The van der Waals surface area contributed by atoms with E-state index in [4.69, 9.17) is 11.6 Å². The van der Waals surface area contributed by atoms with E-state index in [0.29, 0.717) is 10.0 Å². The number of anilines is 2. The van der Waals surface area contributed by atoms with Gasteiger partial charge in [0.2, 0.25) is 5.95 Å². The number of aromatic amines is 1. The summed E-state index contributed by atoms with van der Waals surface area (Å²) in [6.07, 6.45) is 0. The average Bonchev–Trinajstić information content (AvgIpc) is 3.02. The van der Waals surface area contributed by atoms with E-state index < -0.39 is 11.6 Å². The van der Waals surface area contributed by atoms with Gasteiger partial charge in [-0.05, 0) is 42.8 Å². The Bertz CT molecular complexity index is 789. The fraction of sp³-hybridized carbons (Fsp3) is 0.214. The number of rotatable bonds is 2. The van der Waals surface area contributed by atoms with Gasteiger partial charge in [0.15, 0.2) is 11.6 Å². The van der Waals surface area contributed by atoms with Crippen molar-refractivity contribution in [1.29, 1.82) is 0 Å². The second-order valence-corrected chi connectivity index (χ2v) is 6.36. The Balaban J connectivity index is 2.14. The van der Waals surface area contributed by atoms with E-state index in [-0.39, 0.29) is 28.1 Å². The number of benzene rings is 1. The molecule has 0 aliphatic heterocycles. The molecule has 2 aromatic heterocycles. The summed E-state index contributed by atoms with van der Waals surface area (Å²) in [5, 5.41) is 4.87. The van der Waals surface area contributed by atoms with Crippen molar-refractivity contribution < 1.29 is 8.78 Å². The van der Waals surface area contributed by atoms with E-state index in [1.54, 1.807) is 6.92 Å². The Morgan fingerprint density at radius 1 is 1.19 bits per heavy atom. The number of imidazole rings is 1. The molecule has 0 amide bonds. The predicted octanol–water partition coefficient (Wildman–Crippen LogP) is 5.22. The van der Waals surface area contributed by atoms with Gasteiger partial charge in [-0.1, -0.05) is 11.6 Å². The minimum absolute atomic E-state index is 0.0119. The van der Waals surface area contributed by atoms with Crippen molar-refractivity contribution in [2.24, 2.45) is 0 Å². The zero-order valence-corrected chi connectivity index (χ0v) is 13.1. The van der Waals surface area contributed by atoms with Crippen LogP contribution in [0.15, 0.2) is 5.38 Å². The van der Waals surface area contributed by atoms with Crippen molar-refractivity contribution in [3.05, 3.63) is 38.0 Å². The number of H-pyrrole nitrogens is 1. The maximum absolute atomic E-state index is 14.2. The van der Waals surface area contributed by atoms with Gasteiger partial charge >= 0.3 is 0 Å². The third-order valence-electron chi connectivity index (χ3n) is 3.53. The van der Waals surface area contributed by atoms with Crippen molar-refractivity contribution in [1.82, 2.24) is 9.97 Å². The molecule has 2 heterocycles. The normalized spacial score (nSPS) is 11.3. The van der Waals surface area contributed by atoms with Crippen LogP contribution in [0.25, 0.3) is 11.0 Å². The first-order chi connectivity index (χ1) is 9.90. The minimum atomic E-state index is -0.513. The standard InChI is InChI=1S/C14H12ClF2N3S/c1-5-4-21-13(15)10(5)18-14-19-11-8(16)6(2)7(3)9(17)12(11)20-14/h4H,1-3H3,(H2,18,19,20). The second kappa shape index (κ2) is 4.96. The molecule has 3 rings (SSSR count). The molecule has 0 saturated carbocycles. The summed E-state index contributed by atoms with van der Waals surface area (Å²) in [5.41, 5.74) is 2.22. The highest BCUT2D eigenvalue weighted by atomic mass is 35.5. The van der Waals surface area contributed by atoms with Gasteiger partial charge in [-0.3, -0.25) is 0 Å². The third-order valence-corrected chi connectivity index (χ3v) is 4.86. The van der Waals surface area contributed by atoms with Gasteiger partial charge < -0.3 is 10.3 Å². The smallest absolute Gasteiger partial charge is 0.205 e. The summed E-state index contributed by atoms with van der Waals surface area (Å²) >= 11 is 7.45. The number of nitrogens with one attached hydrogen (secondary N) is 2. The molecule has 2 N–H and O–H groups in total. The van der Waals surface area contributed by atoms with Crippen molar-refractivity contribution in [2.75, 3.05) is 5.32 Å². The molecule has 1 aromatic carbocycles. The Morgan fingerprint density at radius 2 is 1.86 bits per heavy atom. The van der Waals surface area contributed by atoms with Crippen molar-refractivity contribution >= 4 is 45.6 Å². The zero-order valence-electron chi connectivity index (χ0n) is 11.6. The highest BCUT2D eigenvalue weighted by Crippen LogP contribution is 2.35. The topological polar surface area (TPSA) is 40.7 Å². The molecule has 0 unspecified atom stereocenters. The first-order valence-electron chi connectivity index (χ1n) is 6.24. The van der Waals surface area contributed by atoms with E-state index in [1.807, 2.05) is 12.3 Å². The van der Waals surface area contributed by atoms with Gasteiger partial charge in [-0.2, -0.15) is 0 Å². The van der Waals surface area contributed by atoms with Gasteiger partial charge in [0, 0.05) is 0 Å². The van der Waals surface area contributed by atoms with Crippen molar-refractivity contribution in [2.45, 2.75) is 20.8 Å². The lowest BCUT2D eigenvalue weighted by Gasteiger charge is -2.03. The Kier molecular flexibility index (Phi) is 3.37. The molecule has 0 fully saturated rings. The fourth-order valence-electron chi connectivity index (χ4n) is 2.12.